The van der Waals surface area contributed by atoms with Crippen molar-refractivity contribution in [1.29, 1.82) is 0 Å². The highest BCUT2D eigenvalue weighted by Gasteiger charge is 2.34. The van der Waals surface area contributed by atoms with Gasteiger partial charge in [-0.15, -0.1) is 0 Å². The van der Waals surface area contributed by atoms with Crippen molar-refractivity contribution < 1.29 is 22.7 Å². The first-order valence-electron chi connectivity index (χ1n) is 7.70. The van der Waals surface area contributed by atoms with Gasteiger partial charge in [-0.3, -0.25) is 13.9 Å². The lowest BCUT2D eigenvalue weighted by Gasteiger charge is -2.30. The monoisotopic (exact) mass is 375 g/mol. The van der Waals surface area contributed by atoms with E-state index in [9.17, 15) is 18.0 Å². The third-order valence-corrected chi connectivity index (χ3v) is 5.57. The van der Waals surface area contributed by atoms with Crippen molar-refractivity contribution in [3.63, 3.8) is 0 Å². The van der Waals surface area contributed by atoms with Gasteiger partial charge in [0.25, 0.3) is 10.0 Å². The van der Waals surface area contributed by atoms with Crippen molar-refractivity contribution in [2.75, 3.05) is 28.6 Å². The van der Waals surface area contributed by atoms with Crippen LogP contribution in [0.1, 0.15) is 6.92 Å². The summed E-state index contributed by atoms with van der Waals surface area (Å²) in [6.45, 7) is 0.969. The van der Waals surface area contributed by atoms with Crippen molar-refractivity contribution in [3.05, 3.63) is 42.5 Å². The largest absolute Gasteiger partial charge is 0.495 e. The van der Waals surface area contributed by atoms with Gasteiger partial charge in [0.15, 0.2) is 0 Å². The highest BCUT2D eigenvalue weighted by Crippen LogP contribution is 2.36. The molecule has 0 fully saturated rings. The van der Waals surface area contributed by atoms with E-state index in [1.54, 1.807) is 24.3 Å². The predicted octanol–water partition coefficient (Wildman–Crippen LogP) is 1.80. The minimum atomic E-state index is -4.11. The van der Waals surface area contributed by atoms with Crippen LogP contribution in [0.15, 0.2) is 47.4 Å². The van der Waals surface area contributed by atoms with Crippen molar-refractivity contribution in [3.8, 4) is 5.75 Å². The summed E-state index contributed by atoms with van der Waals surface area (Å²) < 4.78 is 32.7. The quantitative estimate of drug-likeness (QED) is 0.848. The number of sulfonamides is 1. The Hall–Kier alpha value is -3.07. The molecule has 0 aliphatic carbocycles. The maximum absolute atomic E-state index is 13.3. The Balaban J connectivity index is 2.14. The zero-order valence-electron chi connectivity index (χ0n) is 14.1. The molecular formula is C17H17N3O5S. The second kappa shape index (κ2) is 6.68. The minimum Gasteiger partial charge on any atom is -0.495 e. The smallest absolute Gasteiger partial charge is 0.268 e. The highest BCUT2D eigenvalue weighted by atomic mass is 32.2. The van der Waals surface area contributed by atoms with Gasteiger partial charge >= 0.3 is 0 Å². The van der Waals surface area contributed by atoms with Gasteiger partial charge in [0.1, 0.15) is 17.2 Å². The fraction of sp³-hybridized carbons (Fsp3) is 0.176. The van der Waals surface area contributed by atoms with Crippen molar-refractivity contribution in [2.24, 2.45) is 0 Å². The lowest BCUT2D eigenvalue weighted by Crippen LogP contribution is -2.42. The Morgan fingerprint density at radius 3 is 2.65 bits per heavy atom. The average Bonchev–Trinajstić information content (AvgIpc) is 2.60. The third kappa shape index (κ3) is 3.21. The molecule has 1 aliphatic heterocycles. The van der Waals surface area contributed by atoms with Gasteiger partial charge in [-0.05, 0) is 30.3 Å². The van der Waals surface area contributed by atoms with Crippen molar-refractivity contribution >= 4 is 38.9 Å². The van der Waals surface area contributed by atoms with Gasteiger partial charge in [0.2, 0.25) is 11.8 Å². The second-order valence-electron chi connectivity index (χ2n) is 5.62. The summed E-state index contributed by atoms with van der Waals surface area (Å²) >= 11 is 0. The van der Waals surface area contributed by atoms with Crippen LogP contribution >= 0.6 is 0 Å². The van der Waals surface area contributed by atoms with Gasteiger partial charge in [-0.25, -0.2) is 8.42 Å². The zero-order valence-corrected chi connectivity index (χ0v) is 15.0. The molecule has 0 unspecified atom stereocenters. The molecule has 3 rings (SSSR count). The fourth-order valence-corrected chi connectivity index (χ4v) is 4.32. The number of rotatable bonds is 4. The number of nitrogens with one attached hydrogen (secondary N) is 2. The van der Waals surface area contributed by atoms with E-state index in [1.165, 1.54) is 32.2 Å². The molecule has 0 bridgehead atoms. The van der Waals surface area contributed by atoms with Gasteiger partial charge in [0.05, 0.1) is 18.5 Å². The van der Waals surface area contributed by atoms with Crippen LogP contribution in [0.5, 0.6) is 5.75 Å². The molecule has 0 spiro atoms. The molecule has 136 valence electrons. The number of methoxy groups -OCH3 is 1. The Morgan fingerprint density at radius 2 is 1.96 bits per heavy atom. The summed E-state index contributed by atoms with van der Waals surface area (Å²) in [5.74, 6) is -0.659. The lowest BCUT2D eigenvalue weighted by atomic mass is 10.2. The Kier molecular flexibility index (Phi) is 4.56. The van der Waals surface area contributed by atoms with Crippen LogP contribution in [-0.2, 0) is 19.6 Å². The maximum atomic E-state index is 13.3. The molecule has 1 aliphatic rings. The summed E-state index contributed by atoms with van der Waals surface area (Å²) in [7, 11) is -2.76. The molecule has 2 N–H and O–H groups in total. The number of nitrogens with zero attached hydrogens (tertiary/aromatic N) is 1. The summed E-state index contributed by atoms with van der Waals surface area (Å²) in [5, 5.41) is 5.19. The molecule has 26 heavy (non-hydrogen) atoms. The number of carbonyl (C=O) groups is 2. The summed E-state index contributed by atoms with van der Waals surface area (Å²) in [5.41, 5.74) is 1.08. The first kappa shape index (κ1) is 17.7. The van der Waals surface area contributed by atoms with E-state index < -0.39 is 15.9 Å². The van der Waals surface area contributed by atoms with E-state index in [0.29, 0.717) is 17.1 Å². The highest BCUT2D eigenvalue weighted by molar-refractivity contribution is 7.93. The summed E-state index contributed by atoms with van der Waals surface area (Å²) in [6.07, 6.45) is 0. The number of para-hydroxylation sites is 2. The number of hydrogen-bond acceptors (Lipinski definition) is 5. The van der Waals surface area contributed by atoms with Crippen molar-refractivity contribution in [2.45, 2.75) is 11.8 Å². The molecule has 0 saturated carbocycles. The maximum Gasteiger partial charge on any atom is 0.268 e. The molecule has 0 atom stereocenters. The molecular weight excluding hydrogens is 358 g/mol. The van der Waals surface area contributed by atoms with E-state index in [1.807, 2.05) is 0 Å². The topological polar surface area (TPSA) is 105 Å². The van der Waals surface area contributed by atoms with Crippen LogP contribution in [0.2, 0.25) is 0 Å². The molecule has 0 radical (unpaired) electrons. The predicted molar refractivity (Wildman–Crippen MR) is 96.9 cm³/mol. The average molecular weight is 375 g/mol. The molecule has 0 aromatic heterocycles. The number of ether oxygens (including phenoxy) is 1. The summed E-state index contributed by atoms with van der Waals surface area (Å²) in [4.78, 5) is 23.1. The van der Waals surface area contributed by atoms with E-state index in [4.69, 9.17) is 4.74 Å². The Morgan fingerprint density at radius 1 is 1.23 bits per heavy atom. The van der Waals surface area contributed by atoms with Crippen LogP contribution < -0.4 is 19.7 Å². The first-order chi connectivity index (χ1) is 12.3. The summed E-state index contributed by atoms with van der Waals surface area (Å²) in [6, 6.07) is 10.9. The van der Waals surface area contributed by atoms with Crippen LogP contribution in [0, 0.1) is 0 Å². The molecule has 0 saturated heterocycles. The van der Waals surface area contributed by atoms with E-state index in [2.05, 4.69) is 10.6 Å². The van der Waals surface area contributed by atoms with E-state index in [-0.39, 0.29) is 23.1 Å². The van der Waals surface area contributed by atoms with Crippen LogP contribution in [0.4, 0.5) is 17.1 Å². The molecule has 2 aromatic rings. The number of carbonyl (C=O) groups excluding carboxylic acids is 2. The first-order valence-corrected chi connectivity index (χ1v) is 9.14. The van der Waals surface area contributed by atoms with Crippen LogP contribution in [0.25, 0.3) is 0 Å². The number of amides is 2. The second-order valence-corrected chi connectivity index (χ2v) is 7.45. The van der Waals surface area contributed by atoms with Crippen molar-refractivity contribution in [1.82, 2.24) is 0 Å². The number of benzene rings is 2. The van der Waals surface area contributed by atoms with Gasteiger partial charge in [-0.2, -0.15) is 0 Å². The lowest BCUT2D eigenvalue weighted by molar-refractivity contribution is -0.115. The van der Waals surface area contributed by atoms with Gasteiger partial charge in [0, 0.05) is 12.6 Å². The number of hydrogen-bond donors (Lipinski definition) is 2. The van der Waals surface area contributed by atoms with E-state index in [0.717, 1.165) is 4.31 Å². The number of anilines is 3. The molecule has 1 heterocycles. The van der Waals surface area contributed by atoms with Crippen LogP contribution in [-0.4, -0.2) is 33.9 Å². The van der Waals surface area contributed by atoms with Gasteiger partial charge < -0.3 is 15.4 Å². The SMILES string of the molecule is COc1ccc(NC(C)=O)cc1S(=O)(=O)N1CC(=O)Nc2ccccc21. The van der Waals surface area contributed by atoms with E-state index >= 15 is 0 Å². The Bertz CT molecular complexity index is 988. The fourth-order valence-electron chi connectivity index (χ4n) is 2.69. The number of fused-ring (bicyclic) bond motifs is 1. The molecule has 9 heteroatoms. The third-order valence-electron chi connectivity index (χ3n) is 3.79. The zero-order chi connectivity index (χ0) is 18.9. The van der Waals surface area contributed by atoms with Gasteiger partial charge in [-0.1, -0.05) is 12.1 Å². The normalized spacial score (nSPS) is 13.6. The standard InChI is InChI=1S/C17H17N3O5S/c1-11(21)18-12-7-8-15(25-2)16(9-12)26(23,24)20-10-17(22)19-13-5-3-4-6-14(13)20/h3-9H,10H2,1-2H3,(H,18,21)(H,19,22). The Labute approximate surface area is 150 Å². The molecule has 8 nitrogen and oxygen atoms in total. The minimum absolute atomic E-state index is 0.113. The molecule has 2 amide bonds. The van der Waals surface area contributed by atoms with Crippen LogP contribution in [0.3, 0.4) is 0 Å². The molecule has 2 aromatic carbocycles.